The van der Waals surface area contributed by atoms with Crippen molar-refractivity contribution in [3.05, 3.63) is 63.3 Å². The molecule has 4 rings (SSSR count). The van der Waals surface area contributed by atoms with Gasteiger partial charge in [-0.1, -0.05) is 29.3 Å². The van der Waals surface area contributed by atoms with E-state index in [1.165, 1.54) is 0 Å². The summed E-state index contributed by atoms with van der Waals surface area (Å²) in [6.07, 6.45) is 0. The molecule has 8 nitrogen and oxygen atoms in total. The topological polar surface area (TPSA) is 99.4 Å². The van der Waals surface area contributed by atoms with Crippen molar-refractivity contribution in [1.29, 1.82) is 5.26 Å². The molecule has 10 heteroatoms. The molecule has 0 atom stereocenters. The van der Waals surface area contributed by atoms with Crippen LogP contribution in [0.5, 0.6) is 0 Å². The number of rotatable bonds is 4. The van der Waals surface area contributed by atoms with Crippen molar-refractivity contribution in [3.63, 3.8) is 0 Å². The van der Waals surface area contributed by atoms with Crippen molar-refractivity contribution in [2.75, 3.05) is 37.7 Å². The fourth-order valence-electron chi connectivity index (χ4n) is 3.62. The fraction of sp³-hybridized carbons (Fsp3) is 0.261. The van der Waals surface area contributed by atoms with Crippen molar-refractivity contribution < 1.29 is 14.3 Å². The lowest BCUT2D eigenvalue weighted by molar-refractivity contribution is 0.0519. The smallest absolute Gasteiger partial charge is 0.360 e. The van der Waals surface area contributed by atoms with Gasteiger partial charge in [-0.05, 0) is 37.3 Å². The van der Waals surface area contributed by atoms with Crippen LogP contribution in [0.15, 0.2) is 36.4 Å². The monoisotopic (exact) mass is 483 g/mol. The molecule has 2 heterocycles. The summed E-state index contributed by atoms with van der Waals surface area (Å²) in [7, 11) is 0. The second-order valence-electron chi connectivity index (χ2n) is 7.34. The molecule has 1 amide bonds. The molecule has 0 N–H and O–H groups in total. The Morgan fingerprint density at radius 2 is 1.73 bits per heavy atom. The average molecular weight is 484 g/mol. The highest BCUT2D eigenvalue weighted by Crippen LogP contribution is 2.29. The molecule has 1 saturated heterocycles. The van der Waals surface area contributed by atoms with Crippen LogP contribution in [0.3, 0.4) is 0 Å². The maximum Gasteiger partial charge on any atom is 0.360 e. The van der Waals surface area contributed by atoms with Gasteiger partial charge in [0.25, 0.3) is 5.91 Å². The SMILES string of the molecule is CCOC(=O)c1nc2cc(Cl)c(Cl)cc2nc1N1CCN(C(=O)c2cccc(C#N)c2)CC1. The fourth-order valence-corrected chi connectivity index (χ4v) is 3.94. The number of piperazine rings is 1. The molecule has 0 unspecified atom stereocenters. The summed E-state index contributed by atoms with van der Waals surface area (Å²) < 4.78 is 5.18. The standard InChI is InChI=1S/C23H19Cl2N5O3/c1-2-33-23(32)20-21(28-19-12-17(25)16(24)11-18(19)27-20)29-6-8-30(9-7-29)22(31)15-5-3-4-14(10-15)13-26/h3-5,10-12H,2,6-9H2,1H3. The van der Waals surface area contributed by atoms with E-state index in [0.717, 1.165) is 0 Å². The van der Waals surface area contributed by atoms with E-state index in [1.54, 1.807) is 48.2 Å². The Hall–Kier alpha value is -3.41. The van der Waals surface area contributed by atoms with Crippen LogP contribution in [0.2, 0.25) is 10.0 Å². The first-order chi connectivity index (χ1) is 15.9. The highest BCUT2D eigenvalue weighted by molar-refractivity contribution is 6.42. The Labute approximate surface area is 200 Å². The number of hydrogen-bond donors (Lipinski definition) is 0. The van der Waals surface area contributed by atoms with E-state index in [9.17, 15) is 9.59 Å². The number of esters is 1. The van der Waals surface area contributed by atoms with Crippen molar-refractivity contribution >= 4 is 51.9 Å². The first kappa shape index (κ1) is 22.8. The Morgan fingerprint density at radius 1 is 1.06 bits per heavy atom. The van der Waals surface area contributed by atoms with Crippen molar-refractivity contribution in [1.82, 2.24) is 14.9 Å². The summed E-state index contributed by atoms with van der Waals surface area (Å²) in [5.74, 6) is -0.360. The predicted octanol–water partition coefficient (Wildman–Crippen LogP) is 3.95. The normalized spacial score (nSPS) is 13.6. The third kappa shape index (κ3) is 4.70. The number of hydrogen-bond acceptors (Lipinski definition) is 7. The summed E-state index contributed by atoms with van der Waals surface area (Å²) in [5, 5.41) is 9.73. The largest absolute Gasteiger partial charge is 0.461 e. The number of carbonyl (C=O) groups is 2. The number of benzene rings is 2. The highest BCUT2D eigenvalue weighted by Gasteiger charge is 2.28. The summed E-state index contributed by atoms with van der Waals surface area (Å²) in [4.78, 5) is 38.2. The van der Waals surface area contributed by atoms with Crippen LogP contribution < -0.4 is 4.90 Å². The number of carbonyl (C=O) groups excluding carboxylic acids is 2. The van der Waals surface area contributed by atoms with Crippen LogP contribution >= 0.6 is 23.2 Å². The van der Waals surface area contributed by atoms with Gasteiger partial charge in [0.1, 0.15) is 0 Å². The van der Waals surface area contributed by atoms with E-state index in [-0.39, 0.29) is 18.2 Å². The number of anilines is 1. The van der Waals surface area contributed by atoms with Crippen LogP contribution in [0.4, 0.5) is 5.82 Å². The maximum absolute atomic E-state index is 12.9. The van der Waals surface area contributed by atoms with Gasteiger partial charge in [-0.25, -0.2) is 14.8 Å². The zero-order valence-electron chi connectivity index (χ0n) is 17.7. The zero-order chi connectivity index (χ0) is 23.5. The molecule has 168 valence electrons. The minimum Gasteiger partial charge on any atom is -0.461 e. The maximum atomic E-state index is 12.9. The second kappa shape index (κ2) is 9.61. The predicted molar refractivity (Wildman–Crippen MR) is 125 cm³/mol. The van der Waals surface area contributed by atoms with Crippen molar-refractivity contribution in [2.45, 2.75) is 6.92 Å². The van der Waals surface area contributed by atoms with E-state index in [2.05, 4.69) is 9.97 Å². The van der Waals surface area contributed by atoms with E-state index >= 15 is 0 Å². The number of fused-ring (bicyclic) bond motifs is 1. The third-order valence-electron chi connectivity index (χ3n) is 5.26. The molecule has 1 aliphatic heterocycles. The number of nitriles is 1. The first-order valence-corrected chi connectivity index (χ1v) is 11.0. The molecule has 0 spiro atoms. The Morgan fingerprint density at radius 3 is 2.36 bits per heavy atom. The summed E-state index contributed by atoms with van der Waals surface area (Å²) in [5.41, 5.74) is 1.92. The average Bonchev–Trinajstić information content (AvgIpc) is 2.84. The van der Waals surface area contributed by atoms with E-state index < -0.39 is 5.97 Å². The lowest BCUT2D eigenvalue weighted by atomic mass is 10.1. The van der Waals surface area contributed by atoms with Gasteiger partial charge < -0.3 is 14.5 Å². The molecular formula is C23H19Cl2N5O3. The quantitative estimate of drug-likeness (QED) is 0.517. The molecule has 33 heavy (non-hydrogen) atoms. The van der Waals surface area contributed by atoms with Crippen LogP contribution in [-0.4, -0.2) is 59.5 Å². The number of ether oxygens (including phenoxy) is 1. The van der Waals surface area contributed by atoms with Gasteiger partial charge in [0.15, 0.2) is 11.5 Å². The van der Waals surface area contributed by atoms with Gasteiger partial charge in [0.05, 0.1) is 39.3 Å². The first-order valence-electron chi connectivity index (χ1n) is 10.3. The van der Waals surface area contributed by atoms with Crippen LogP contribution in [-0.2, 0) is 4.74 Å². The molecule has 3 aromatic rings. The van der Waals surface area contributed by atoms with Crippen molar-refractivity contribution in [3.8, 4) is 6.07 Å². The Balaban J connectivity index is 1.60. The second-order valence-corrected chi connectivity index (χ2v) is 8.16. The molecule has 0 aliphatic carbocycles. The highest BCUT2D eigenvalue weighted by atomic mass is 35.5. The minimum atomic E-state index is -0.584. The van der Waals surface area contributed by atoms with Gasteiger partial charge in [0, 0.05) is 31.7 Å². The van der Waals surface area contributed by atoms with Gasteiger partial charge in [-0.15, -0.1) is 0 Å². The molecule has 1 aliphatic rings. The van der Waals surface area contributed by atoms with Crippen LogP contribution in [0, 0.1) is 11.3 Å². The molecule has 0 saturated carbocycles. The van der Waals surface area contributed by atoms with E-state index in [1.807, 2.05) is 11.0 Å². The molecule has 1 aromatic heterocycles. The van der Waals surface area contributed by atoms with Gasteiger partial charge in [0.2, 0.25) is 0 Å². The van der Waals surface area contributed by atoms with E-state index in [4.69, 9.17) is 33.2 Å². The Bertz CT molecular complexity index is 1280. The lowest BCUT2D eigenvalue weighted by Gasteiger charge is -2.36. The summed E-state index contributed by atoms with van der Waals surface area (Å²) >= 11 is 12.2. The van der Waals surface area contributed by atoms with Gasteiger partial charge in [-0.2, -0.15) is 5.26 Å². The zero-order valence-corrected chi connectivity index (χ0v) is 19.2. The number of nitrogens with zero attached hydrogens (tertiary/aromatic N) is 5. The van der Waals surface area contributed by atoms with Gasteiger partial charge >= 0.3 is 5.97 Å². The molecule has 2 aromatic carbocycles. The molecular weight excluding hydrogens is 465 g/mol. The Kier molecular flexibility index (Phi) is 6.63. The number of halogens is 2. The summed E-state index contributed by atoms with van der Waals surface area (Å²) in [6.45, 7) is 3.63. The van der Waals surface area contributed by atoms with E-state index in [0.29, 0.717) is 64.2 Å². The number of aromatic nitrogens is 2. The molecule has 0 radical (unpaired) electrons. The summed E-state index contributed by atoms with van der Waals surface area (Å²) in [6, 6.07) is 11.8. The molecule has 1 fully saturated rings. The minimum absolute atomic E-state index is 0.0873. The lowest BCUT2D eigenvalue weighted by Crippen LogP contribution is -2.49. The third-order valence-corrected chi connectivity index (χ3v) is 5.98. The van der Waals surface area contributed by atoms with Gasteiger partial charge in [-0.3, -0.25) is 4.79 Å². The number of amides is 1. The van der Waals surface area contributed by atoms with Crippen LogP contribution in [0.1, 0.15) is 33.3 Å². The van der Waals surface area contributed by atoms with Crippen LogP contribution in [0.25, 0.3) is 11.0 Å². The molecule has 0 bridgehead atoms. The van der Waals surface area contributed by atoms with Crippen molar-refractivity contribution in [2.24, 2.45) is 0 Å².